The number of hydrogen-bond acceptors (Lipinski definition) is 2. The summed E-state index contributed by atoms with van der Waals surface area (Å²) in [4.78, 5) is 0. The van der Waals surface area contributed by atoms with Crippen molar-refractivity contribution in [2.24, 2.45) is 5.92 Å². The zero-order valence-electron chi connectivity index (χ0n) is 9.09. The first kappa shape index (κ1) is 16.0. The molecule has 0 unspecified atom stereocenters. The van der Waals surface area contributed by atoms with Crippen LogP contribution in [0.5, 0.6) is 0 Å². The summed E-state index contributed by atoms with van der Waals surface area (Å²) in [6.07, 6.45) is -4.55. The van der Waals surface area contributed by atoms with Crippen LogP contribution in [0.4, 0.5) is 13.2 Å². The Bertz CT molecular complexity index is 303. The molecule has 0 rings (SSSR count). The molecule has 0 saturated carbocycles. The molecule has 0 aromatic heterocycles. The summed E-state index contributed by atoms with van der Waals surface area (Å²) in [7, 11) is -3.89. The van der Waals surface area contributed by atoms with Crippen molar-refractivity contribution < 1.29 is 21.6 Å². The highest BCUT2D eigenvalue weighted by Gasteiger charge is 2.36. The summed E-state index contributed by atoms with van der Waals surface area (Å²) in [6, 6.07) is 0. The van der Waals surface area contributed by atoms with Crippen molar-refractivity contribution in [3.63, 3.8) is 0 Å². The van der Waals surface area contributed by atoms with E-state index in [4.69, 9.17) is 11.6 Å². The molecule has 0 spiro atoms. The lowest BCUT2D eigenvalue weighted by Gasteiger charge is -2.23. The van der Waals surface area contributed by atoms with E-state index in [1.165, 1.54) is 0 Å². The van der Waals surface area contributed by atoms with E-state index in [-0.39, 0.29) is 24.1 Å². The molecule has 0 atom stereocenters. The minimum Gasteiger partial charge on any atom is -0.212 e. The lowest BCUT2D eigenvalue weighted by atomic mass is 10.3. The number of hydrogen-bond donors (Lipinski definition) is 0. The van der Waals surface area contributed by atoms with Crippen molar-refractivity contribution in [1.82, 2.24) is 4.31 Å². The summed E-state index contributed by atoms with van der Waals surface area (Å²) >= 11 is 5.29. The maximum atomic E-state index is 12.1. The first-order chi connectivity index (χ1) is 7.08. The van der Waals surface area contributed by atoms with Crippen LogP contribution in [0.25, 0.3) is 0 Å². The van der Waals surface area contributed by atoms with E-state index < -0.39 is 22.7 Å². The van der Waals surface area contributed by atoms with Gasteiger partial charge in [-0.2, -0.15) is 17.5 Å². The van der Waals surface area contributed by atoms with Gasteiger partial charge in [0.1, 0.15) is 6.54 Å². The van der Waals surface area contributed by atoms with E-state index in [1.54, 1.807) is 13.8 Å². The van der Waals surface area contributed by atoms with Crippen molar-refractivity contribution in [1.29, 1.82) is 0 Å². The van der Waals surface area contributed by atoms with Crippen molar-refractivity contribution in [3.05, 3.63) is 0 Å². The van der Waals surface area contributed by atoms with Gasteiger partial charge in [-0.25, -0.2) is 8.42 Å². The first-order valence-electron chi connectivity index (χ1n) is 4.69. The van der Waals surface area contributed by atoms with Gasteiger partial charge in [0.25, 0.3) is 0 Å². The van der Waals surface area contributed by atoms with Gasteiger partial charge in [0.2, 0.25) is 10.0 Å². The van der Waals surface area contributed by atoms with Crippen LogP contribution in [-0.2, 0) is 10.0 Å². The molecule has 0 saturated heterocycles. The average Bonchev–Trinajstić information content (AvgIpc) is 1.98. The minimum atomic E-state index is -4.55. The smallest absolute Gasteiger partial charge is 0.212 e. The SMILES string of the molecule is CC(C)CS(=O)(=O)N(CCCl)CC(F)(F)F. The van der Waals surface area contributed by atoms with Crippen molar-refractivity contribution >= 4 is 21.6 Å². The van der Waals surface area contributed by atoms with Crippen LogP contribution in [0.2, 0.25) is 0 Å². The standard InChI is InChI=1S/C8H15ClF3NO2S/c1-7(2)5-16(14,15)13(4-3-9)6-8(10,11)12/h7H,3-6H2,1-2H3. The molecule has 0 heterocycles. The van der Waals surface area contributed by atoms with Crippen LogP contribution in [0.1, 0.15) is 13.8 Å². The molecular weight excluding hydrogens is 267 g/mol. The predicted octanol–water partition coefficient (Wildman–Crippen LogP) is 2.08. The van der Waals surface area contributed by atoms with Gasteiger partial charge in [0.15, 0.2) is 0 Å². The Morgan fingerprint density at radius 3 is 2.12 bits per heavy atom. The zero-order valence-corrected chi connectivity index (χ0v) is 10.7. The Morgan fingerprint density at radius 1 is 1.31 bits per heavy atom. The number of nitrogens with zero attached hydrogens (tertiary/aromatic N) is 1. The third-order valence-electron chi connectivity index (χ3n) is 1.63. The molecule has 0 aliphatic rings. The van der Waals surface area contributed by atoms with Gasteiger partial charge in [0, 0.05) is 12.4 Å². The van der Waals surface area contributed by atoms with Gasteiger partial charge in [0.05, 0.1) is 5.75 Å². The second-order valence-electron chi connectivity index (χ2n) is 3.81. The van der Waals surface area contributed by atoms with Gasteiger partial charge >= 0.3 is 6.18 Å². The molecule has 0 radical (unpaired) electrons. The summed E-state index contributed by atoms with van der Waals surface area (Å²) in [5, 5.41) is 0. The molecule has 0 aliphatic heterocycles. The monoisotopic (exact) mass is 281 g/mol. The van der Waals surface area contributed by atoms with Crippen LogP contribution in [0, 0.1) is 5.92 Å². The molecule has 0 fully saturated rings. The highest BCUT2D eigenvalue weighted by Crippen LogP contribution is 2.19. The van der Waals surface area contributed by atoms with Gasteiger partial charge in [-0.05, 0) is 5.92 Å². The predicted molar refractivity (Wildman–Crippen MR) is 57.0 cm³/mol. The minimum absolute atomic E-state index is 0.159. The number of halogens is 4. The van der Waals surface area contributed by atoms with Crippen LogP contribution >= 0.6 is 11.6 Å². The first-order valence-corrected chi connectivity index (χ1v) is 6.83. The Morgan fingerprint density at radius 2 is 1.81 bits per heavy atom. The zero-order chi connectivity index (χ0) is 13.0. The molecule has 0 amide bonds. The van der Waals surface area contributed by atoms with Crippen LogP contribution in [0.3, 0.4) is 0 Å². The lowest BCUT2D eigenvalue weighted by Crippen LogP contribution is -2.42. The van der Waals surface area contributed by atoms with Crippen molar-refractivity contribution in [3.8, 4) is 0 Å². The fraction of sp³-hybridized carbons (Fsp3) is 1.00. The number of sulfonamides is 1. The van der Waals surface area contributed by atoms with Crippen LogP contribution in [0.15, 0.2) is 0 Å². The third kappa shape index (κ3) is 6.55. The average molecular weight is 282 g/mol. The Balaban J connectivity index is 4.77. The van der Waals surface area contributed by atoms with Crippen LogP contribution < -0.4 is 0 Å². The summed E-state index contributed by atoms with van der Waals surface area (Å²) in [5.41, 5.74) is 0. The van der Waals surface area contributed by atoms with Crippen molar-refractivity contribution in [2.75, 3.05) is 24.7 Å². The van der Waals surface area contributed by atoms with E-state index >= 15 is 0 Å². The molecule has 3 nitrogen and oxygen atoms in total. The molecule has 98 valence electrons. The summed E-state index contributed by atoms with van der Waals surface area (Å²) in [6.45, 7) is 1.46. The molecule has 0 N–H and O–H groups in total. The van der Waals surface area contributed by atoms with E-state index in [1.807, 2.05) is 0 Å². The maximum Gasteiger partial charge on any atom is 0.402 e. The molecule has 0 bridgehead atoms. The molecular formula is C8H15ClF3NO2S. The normalized spacial score (nSPS) is 13.8. The highest BCUT2D eigenvalue weighted by molar-refractivity contribution is 7.89. The second-order valence-corrected chi connectivity index (χ2v) is 6.20. The fourth-order valence-corrected chi connectivity index (χ4v) is 3.21. The largest absolute Gasteiger partial charge is 0.402 e. The molecule has 16 heavy (non-hydrogen) atoms. The third-order valence-corrected chi connectivity index (χ3v) is 3.98. The Labute approximate surface area is 98.6 Å². The van der Waals surface area contributed by atoms with Gasteiger partial charge in [-0.1, -0.05) is 13.8 Å². The quantitative estimate of drug-likeness (QED) is 0.699. The Hall–Kier alpha value is -0.0100. The van der Waals surface area contributed by atoms with Crippen LogP contribution in [-0.4, -0.2) is 43.6 Å². The fourth-order valence-electron chi connectivity index (χ4n) is 1.14. The molecule has 8 heteroatoms. The topological polar surface area (TPSA) is 37.4 Å². The Kier molecular flexibility index (Phi) is 6.06. The van der Waals surface area contributed by atoms with E-state index in [0.717, 1.165) is 0 Å². The van der Waals surface area contributed by atoms with Crippen molar-refractivity contribution in [2.45, 2.75) is 20.0 Å². The van der Waals surface area contributed by atoms with E-state index in [2.05, 4.69) is 0 Å². The number of rotatable bonds is 6. The molecule has 0 aromatic rings. The van der Waals surface area contributed by atoms with Gasteiger partial charge in [-0.15, -0.1) is 11.6 Å². The molecule has 0 aliphatic carbocycles. The summed E-state index contributed by atoms with van der Waals surface area (Å²) in [5.74, 6) is -0.691. The van der Waals surface area contributed by atoms with E-state index in [9.17, 15) is 21.6 Å². The second kappa shape index (κ2) is 6.07. The molecule has 0 aromatic carbocycles. The van der Waals surface area contributed by atoms with E-state index in [0.29, 0.717) is 4.31 Å². The summed E-state index contributed by atoms with van der Waals surface area (Å²) < 4.78 is 60.0. The van der Waals surface area contributed by atoms with Gasteiger partial charge < -0.3 is 0 Å². The lowest BCUT2D eigenvalue weighted by molar-refractivity contribution is -0.135. The highest BCUT2D eigenvalue weighted by atomic mass is 35.5. The van der Waals surface area contributed by atoms with Gasteiger partial charge in [-0.3, -0.25) is 0 Å². The number of alkyl halides is 4. The maximum absolute atomic E-state index is 12.1.